The van der Waals surface area contributed by atoms with Gasteiger partial charge in [0.15, 0.2) is 0 Å². The summed E-state index contributed by atoms with van der Waals surface area (Å²) < 4.78 is 5.16. The molecule has 0 spiro atoms. The van der Waals surface area contributed by atoms with Crippen LogP contribution in [0.2, 0.25) is 0 Å². The minimum atomic E-state index is -0.200. The van der Waals surface area contributed by atoms with E-state index in [0.29, 0.717) is 5.88 Å². The fourth-order valence-electron chi connectivity index (χ4n) is 2.15. The first-order valence-electron chi connectivity index (χ1n) is 5.21. The molecule has 1 aromatic rings. The van der Waals surface area contributed by atoms with Gasteiger partial charge in [-0.2, -0.15) is 0 Å². The van der Waals surface area contributed by atoms with E-state index >= 15 is 0 Å². The van der Waals surface area contributed by atoms with Crippen molar-refractivity contribution in [2.24, 2.45) is 11.1 Å². The highest BCUT2D eigenvalue weighted by Gasteiger charge is 2.59. The summed E-state index contributed by atoms with van der Waals surface area (Å²) in [6.45, 7) is 6.34. The second kappa shape index (κ2) is 2.95. The number of hydrogen-bond donors (Lipinski definition) is 1. The normalized spacial score (nSPS) is 27.5. The maximum atomic E-state index is 6.35. The van der Waals surface area contributed by atoms with E-state index in [0.717, 1.165) is 17.7 Å². The number of nitrogens with zero attached hydrogens (tertiary/aromatic N) is 1. The van der Waals surface area contributed by atoms with E-state index in [1.807, 2.05) is 13.0 Å². The molecule has 0 bridgehead atoms. The topological polar surface area (TPSA) is 48.1 Å². The molecule has 1 aliphatic rings. The number of methoxy groups -OCH3 is 1. The number of pyridine rings is 1. The van der Waals surface area contributed by atoms with Crippen LogP contribution in [-0.2, 0) is 5.54 Å². The summed E-state index contributed by atoms with van der Waals surface area (Å²) in [7, 11) is 1.63. The molecule has 1 aliphatic carbocycles. The van der Waals surface area contributed by atoms with Crippen molar-refractivity contribution in [1.29, 1.82) is 0 Å². The van der Waals surface area contributed by atoms with Crippen molar-refractivity contribution in [1.82, 2.24) is 4.98 Å². The van der Waals surface area contributed by atoms with Gasteiger partial charge in [0, 0.05) is 17.3 Å². The van der Waals surface area contributed by atoms with Crippen molar-refractivity contribution >= 4 is 0 Å². The molecule has 0 aliphatic heterocycles. The second-order valence-electron chi connectivity index (χ2n) is 5.07. The van der Waals surface area contributed by atoms with Gasteiger partial charge in [0.05, 0.1) is 7.11 Å². The fourth-order valence-corrected chi connectivity index (χ4v) is 2.15. The molecule has 1 atom stereocenters. The second-order valence-corrected chi connectivity index (χ2v) is 5.07. The van der Waals surface area contributed by atoms with Gasteiger partial charge in [-0.1, -0.05) is 13.8 Å². The zero-order valence-corrected chi connectivity index (χ0v) is 9.79. The van der Waals surface area contributed by atoms with Crippen molar-refractivity contribution in [3.05, 3.63) is 23.4 Å². The van der Waals surface area contributed by atoms with Crippen molar-refractivity contribution in [3.63, 3.8) is 0 Å². The third kappa shape index (κ3) is 1.51. The van der Waals surface area contributed by atoms with Gasteiger partial charge in [-0.05, 0) is 30.4 Å². The quantitative estimate of drug-likeness (QED) is 0.805. The Morgan fingerprint density at radius 1 is 1.40 bits per heavy atom. The Balaban J connectivity index is 2.42. The average Bonchev–Trinajstić information content (AvgIpc) is 2.66. The molecule has 0 radical (unpaired) electrons. The van der Waals surface area contributed by atoms with Gasteiger partial charge in [0.25, 0.3) is 0 Å². The summed E-state index contributed by atoms with van der Waals surface area (Å²) in [4.78, 5) is 4.26. The summed E-state index contributed by atoms with van der Waals surface area (Å²) in [5, 5.41) is 0. The highest BCUT2D eigenvalue weighted by Crippen LogP contribution is 2.60. The van der Waals surface area contributed by atoms with E-state index in [1.54, 1.807) is 7.11 Å². The predicted octanol–water partition coefficient (Wildman–Crippen LogP) is 1.98. The number of rotatable bonds is 2. The van der Waals surface area contributed by atoms with Crippen LogP contribution in [0.3, 0.4) is 0 Å². The van der Waals surface area contributed by atoms with Crippen LogP contribution >= 0.6 is 0 Å². The van der Waals surface area contributed by atoms with Gasteiger partial charge in [0.2, 0.25) is 5.88 Å². The molecule has 1 fully saturated rings. The van der Waals surface area contributed by atoms with Gasteiger partial charge in [-0.25, -0.2) is 4.98 Å². The maximum absolute atomic E-state index is 6.35. The Bertz CT molecular complexity index is 401. The zero-order valence-electron chi connectivity index (χ0n) is 9.79. The minimum absolute atomic E-state index is 0.186. The van der Waals surface area contributed by atoms with Crippen LogP contribution < -0.4 is 10.5 Å². The Morgan fingerprint density at radius 3 is 2.47 bits per heavy atom. The van der Waals surface area contributed by atoms with E-state index in [2.05, 4.69) is 24.9 Å². The lowest BCUT2D eigenvalue weighted by Crippen LogP contribution is -2.25. The first kappa shape index (κ1) is 10.4. The molecule has 1 unspecified atom stereocenters. The molecule has 1 saturated carbocycles. The number of aryl methyl sites for hydroxylation is 1. The monoisotopic (exact) mass is 206 g/mol. The SMILES string of the molecule is COc1cc(C2(N)CC2(C)C)cc(C)n1. The molecule has 2 rings (SSSR count). The number of ether oxygens (including phenoxy) is 1. The number of nitrogens with two attached hydrogens (primary N) is 1. The molecule has 1 aromatic heterocycles. The molecule has 15 heavy (non-hydrogen) atoms. The van der Waals surface area contributed by atoms with Crippen LogP contribution in [-0.4, -0.2) is 12.1 Å². The van der Waals surface area contributed by atoms with Gasteiger partial charge >= 0.3 is 0 Å². The average molecular weight is 206 g/mol. The standard InChI is InChI=1S/C12H18N2O/c1-8-5-9(6-10(14-8)15-4)12(13)7-11(12,2)3/h5-6H,7,13H2,1-4H3. The number of aromatic nitrogens is 1. The van der Waals surface area contributed by atoms with Crippen molar-refractivity contribution in [2.45, 2.75) is 32.7 Å². The third-order valence-electron chi connectivity index (χ3n) is 3.46. The van der Waals surface area contributed by atoms with Gasteiger partial charge in [-0.15, -0.1) is 0 Å². The lowest BCUT2D eigenvalue weighted by molar-refractivity contribution is 0.394. The van der Waals surface area contributed by atoms with Crippen LogP contribution in [0.1, 0.15) is 31.5 Å². The molecular formula is C12H18N2O. The molecule has 0 aromatic carbocycles. The van der Waals surface area contributed by atoms with Crippen LogP contribution in [0.4, 0.5) is 0 Å². The predicted molar refractivity (Wildman–Crippen MR) is 59.8 cm³/mol. The van der Waals surface area contributed by atoms with Crippen LogP contribution in [0.5, 0.6) is 5.88 Å². The molecule has 3 heteroatoms. The summed E-state index contributed by atoms with van der Waals surface area (Å²) in [6, 6.07) is 4.00. The molecule has 3 nitrogen and oxygen atoms in total. The van der Waals surface area contributed by atoms with Crippen molar-refractivity contribution in [3.8, 4) is 5.88 Å². The lowest BCUT2D eigenvalue weighted by Gasteiger charge is -2.16. The maximum Gasteiger partial charge on any atom is 0.213 e. The van der Waals surface area contributed by atoms with E-state index in [9.17, 15) is 0 Å². The Labute approximate surface area is 90.7 Å². The lowest BCUT2D eigenvalue weighted by atomic mass is 9.97. The van der Waals surface area contributed by atoms with E-state index in [4.69, 9.17) is 10.5 Å². The smallest absolute Gasteiger partial charge is 0.213 e. The zero-order chi connectivity index (χ0) is 11.3. The summed E-state index contributed by atoms with van der Waals surface area (Å²) in [5.74, 6) is 0.650. The Morgan fingerprint density at radius 2 is 2.00 bits per heavy atom. The molecule has 82 valence electrons. The van der Waals surface area contributed by atoms with E-state index in [1.165, 1.54) is 0 Å². The summed E-state index contributed by atoms with van der Waals surface area (Å²) >= 11 is 0. The highest BCUT2D eigenvalue weighted by molar-refractivity contribution is 5.38. The summed E-state index contributed by atoms with van der Waals surface area (Å²) in [5.41, 5.74) is 8.43. The molecular weight excluding hydrogens is 188 g/mol. The first-order chi connectivity index (χ1) is 6.89. The van der Waals surface area contributed by atoms with Crippen molar-refractivity contribution in [2.75, 3.05) is 7.11 Å². The van der Waals surface area contributed by atoms with Gasteiger partial charge < -0.3 is 10.5 Å². The van der Waals surface area contributed by atoms with Crippen LogP contribution in [0, 0.1) is 12.3 Å². The minimum Gasteiger partial charge on any atom is -0.481 e. The molecule has 1 heterocycles. The van der Waals surface area contributed by atoms with E-state index < -0.39 is 0 Å². The Hall–Kier alpha value is -1.09. The Kier molecular flexibility index (Phi) is 2.05. The van der Waals surface area contributed by atoms with Gasteiger partial charge in [-0.3, -0.25) is 0 Å². The summed E-state index contributed by atoms with van der Waals surface area (Å²) in [6.07, 6.45) is 1.02. The van der Waals surface area contributed by atoms with Crippen molar-refractivity contribution < 1.29 is 4.74 Å². The fraction of sp³-hybridized carbons (Fsp3) is 0.583. The van der Waals surface area contributed by atoms with Crippen LogP contribution in [0.25, 0.3) is 0 Å². The van der Waals surface area contributed by atoms with Gasteiger partial charge in [0.1, 0.15) is 0 Å². The van der Waals surface area contributed by atoms with E-state index in [-0.39, 0.29) is 11.0 Å². The largest absolute Gasteiger partial charge is 0.481 e. The third-order valence-corrected chi connectivity index (χ3v) is 3.46. The van der Waals surface area contributed by atoms with Crippen LogP contribution in [0.15, 0.2) is 12.1 Å². The highest BCUT2D eigenvalue weighted by atomic mass is 16.5. The molecule has 2 N–H and O–H groups in total. The first-order valence-corrected chi connectivity index (χ1v) is 5.21. The molecule has 0 saturated heterocycles. The molecule has 0 amide bonds. The number of hydrogen-bond acceptors (Lipinski definition) is 3.